The first-order valence-corrected chi connectivity index (χ1v) is 13.7. The summed E-state index contributed by atoms with van der Waals surface area (Å²) in [5, 5.41) is 3.21. The molecule has 2 amide bonds. The predicted octanol–water partition coefficient (Wildman–Crippen LogP) is 5.70. The van der Waals surface area contributed by atoms with Gasteiger partial charge in [-0.1, -0.05) is 74.4 Å². The SMILES string of the molecule is CCC(=O)CCCCC[C@H](NC(=O)CC1c2ccccc2CCN1C(C)=O)c1ncc(-c2ccccc2)[nH]1. The molecule has 2 heterocycles. The van der Waals surface area contributed by atoms with Crippen LogP contribution in [-0.4, -0.2) is 39.0 Å². The van der Waals surface area contributed by atoms with Crippen molar-refractivity contribution in [3.8, 4) is 11.3 Å². The summed E-state index contributed by atoms with van der Waals surface area (Å²) in [6, 6.07) is 17.5. The number of ketones is 1. The second-order valence-electron chi connectivity index (χ2n) is 10.0. The Morgan fingerprint density at radius 1 is 1.05 bits per heavy atom. The summed E-state index contributed by atoms with van der Waals surface area (Å²) in [5.74, 6) is 0.876. The Labute approximate surface area is 225 Å². The second kappa shape index (κ2) is 13.2. The van der Waals surface area contributed by atoms with Crippen molar-refractivity contribution in [3.63, 3.8) is 0 Å². The van der Waals surface area contributed by atoms with E-state index in [9.17, 15) is 14.4 Å². The van der Waals surface area contributed by atoms with Crippen molar-refractivity contribution in [1.29, 1.82) is 0 Å². The minimum absolute atomic E-state index is 0.0194. The van der Waals surface area contributed by atoms with Crippen LogP contribution in [0.5, 0.6) is 0 Å². The van der Waals surface area contributed by atoms with Gasteiger partial charge in [-0.05, 0) is 36.0 Å². The zero-order chi connectivity index (χ0) is 26.9. The predicted molar refractivity (Wildman–Crippen MR) is 148 cm³/mol. The van der Waals surface area contributed by atoms with Crippen LogP contribution in [0.1, 0.15) is 87.8 Å². The van der Waals surface area contributed by atoms with Crippen LogP contribution in [-0.2, 0) is 20.8 Å². The number of imidazole rings is 1. The highest BCUT2D eigenvalue weighted by Crippen LogP contribution is 2.33. The minimum atomic E-state index is -0.286. The van der Waals surface area contributed by atoms with Crippen molar-refractivity contribution in [2.75, 3.05) is 6.54 Å². The van der Waals surface area contributed by atoms with Gasteiger partial charge in [0.1, 0.15) is 11.6 Å². The third-order valence-corrected chi connectivity index (χ3v) is 7.38. The zero-order valence-electron chi connectivity index (χ0n) is 22.4. The standard InChI is InChI=1S/C31H38N4O3/c1-3-25(37)15-8-5-9-17-27(31-32-21-28(34-31)24-13-6-4-7-14-24)33-30(38)20-29-26-16-11-10-12-23(26)18-19-35(29)22(2)36/h4,6-7,10-14,16,21,27,29H,3,5,8-9,15,17-20H2,1-2H3,(H,32,34)(H,33,38)/t27-,29?/m0/s1. The van der Waals surface area contributed by atoms with Crippen LogP contribution in [0.3, 0.4) is 0 Å². The molecule has 1 aliphatic heterocycles. The minimum Gasteiger partial charge on any atom is -0.346 e. The highest BCUT2D eigenvalue weighted by Gasteiger charge is 2.31. The number of rotatable bonds is 12. The molecule has 0 bridgehead atoms. The summed E-state index contributed by atoms with van der Waals surface area (Å²) in [7, 11) is 0. The molecule has 0 spiro atoms. The fraction of sp³-hybridized carbons (Fsp3) is 0.419. The normalized spacial score (nSPS) is 15.5. The average molecular weight is 515 g/mol. The van der Waals surface area contributed by atoms with E-state index in [1.165, 1.54) is 5.56 Å². The van der Waals surface area contributed by atoms with Crippen molar-refractivity contribution in [1.82, 2.24) is 20.2 Å². The molecule has 0 aliphatic carbocycles. The fourth-order valence-electron chi connectivity index (χ4n) is 5.26. The monoisotopic (exact) mass is 514 g/mol. The summed E-state index contributed by atoms with van der Waals surface area (Å²) in [5.41, 5.74) is 4.17. The van der Waals surface area contributed by atoms with Gasteiger partial charge in [-0.15, -0.1) is 0 Å². The van der Waals surface area contributed by atoms with E-state index in [4.69, 9.17) is 0 Å². The first-order chi connectivity index (χ1) is 18.5. The number of aromatic nitrogens is 2. The quantitative estimate of drug-likeness (QED) is 0.303. The lowest BCUT2D eigenvalue weighted by Gasteiger charge is -2.36. The van der Waals surface area contributed by atoms with Gasteiger partial charge < -0.3 is 15.2 Å². The smallest absolute Gasteiger partial charge is 0.223 e. The van der Waals surface area contributed by atoms with Crippen LogP contribution >= 0.6 is 0 Å². The third-order valence-electron chi connectivity index (χ3n) is 7.38. The second-order valence-corrected chi connectivity index (χ2v) is 10.0. The number of aromatic amines is 1. The van der Waals surface area contributed by atoms with Gasteiger partial charge in [-0.25, -0.2) is 4.98 Å². The van der Waals surface area contributed by atoms with E-state index >= 15 is 0 Å². The van der Waals surface area contributed by atoms with Gasteiger partial charge in [-0.2, -0.15) is 0 Å². The summed E-state index contributed by atoms with van der Waals surface area (Å²) >= 11 is 0. The molecule has 1 aromatic heterocycles. The van der Waals surface area contributed by atoms with Crippen LogP contribution in [0.4, 0.5) is 0 Å². The molecule has 0 saturated carbocycles. The Balaban J connectivity index is 1.48. The topological polar surface area (TPSA) is 95.2 Å². The first kappa shape index (κ1) is 27.3. The van der Waals surface area contributed by atoms with Gasteiger partial charge in [0.25, 0.3) is 0 Å². The molecule has 38 heavy (non-hydrogen) atoms. The van der Waals surface area contributed by atoms with Gasteiger partial charge in [0, 0.05) is 26.3 Å². The molecule has 2 atom stereocenters. The third kappa shape index (κ3) is 6.97. The summed E-state index contributed by atoms with van der Waals surface area (Å²) in [6.07, 6.45) is 7.34. The van der Waals surface area contributed by atoms with Gasteiger partial charge in [0.2, 0.25) is 11.8 Å². The van der Waals surface area contributed by atoms with E-state index in [2.05, 4.69) is 21.4 Å². The molecule has 4 rings (SSSR count). The van der Waals surface area contributed by atoms with Gasteiger partial charge in [-0.3, -0.25) is 14.4 Å². The van der Waals surface area contributed by atoms with Gasteiger partial charge >= 0.3 is 0 Å². The van der Waals surface area contributed by atoms with Crippen LogP contribution in [0.25, 0.3) is 11.3 Å². The molecule has 2 N–H and O–H groups in total. The van der Waals surface area contributed by atoms with E-state index in [0.29, 0.717) is 31.6 Å². The molecular formula is C31H38N4O3. The van der Waals surface area contributed by atoms with Gasteiger partial charge in [0.15, 0.2) is 0 Å². The molecule has 200 valence electrons. The number of hydrogen-bond donors (Lipinski definition) is 2. The molecular weight excluding hydrogens is 476 g/mol. The Hall–Kier alpha value is -3.74. The number of carbonyl (C=O) groups excluding carboxylic acids is 3. The molecule has 0 radical (unpaired) electrons. The number of hydrogen-bond acceptors (Lipinski definition) is 4. The van der Waals surface area contributed by atoms with Crippen molar-refractivity contribution in [2.45, 2.75) is 77.3 Å². The van der Waals surface area contributed by atoms with Crippen molar-refractivity contribution in [3.05, 3.63) is 77.7 Å². The van der Waals surface area contributed by atoms with Crippen LogP contribution < -0.4 is 5.32 Å². The molecule has 1 aliphatic rings. The maximum atomic E-state index is 13.4. The van der Waals surface area contributed by atoms with Crippen LogP contribution in [0.2, 0.25) is 0 Å². The fourth-order valence-corrected chi connectivity index (χ4v) is 5.26. The number of H-pyrrole nitrogens is 1. The number of benzene rings is 2. The number of fused-ring (bicyclic) bond motifs is 1. The van der Waals surface area contributed by atoms with Crippen molar-refractivity contribution < 1.29 is 14.4 Å². The summed E-state index contributed by atoms with van der Waals surface area (Å²) < 4.78 is 0. The van der Waals surface area contributed by atoms with E-state index < -0.39 is 0 Å². The van der Waals surface area contributed by atoms with Gasteiger partial charge in [0.05, 0.1) is 30.4 Å². The molecule has 3 aromatic rings. The lowest BCUT2D eigenvalue weighted by Crippen LogP contribution is -2.41. The van der Waals surface area contributed by atoms with E-state index in [1.807, 2.05) is 60.4 Å². The number of nitrogens with zero attached hydrogens (tertiary/aromatic N) is 2. The maximum absolute atomic E-state index is 13.4. The molecule has 2 aromatic carbocycles. The van der Waals surface area contributed by atoms with Crippen LogP contribution in [0, 0.1) is 0 Å². The maximum Gasteiger partial charge on any atom is 0.223 e. The Morgan fingerprint density at radius 2 is 1.82 bits per heavy atom. The highest BCUT2D eigenvalue weighted by atomic mass is 16.2. The Bertz CT molecular complexity index is 1240. The average Bonchev–Trinajstić information content (AvgIpc) is 3.43. The summed E-state index contributed by atoms with van der Waals surface area (Å²) in [4.78, 5) is 47.3. The van der Waals surface area contributed by atoms with Crippen molar-refractivity contribution >= 4 is 17.6 Å². The number of amides is 2. The molecule has 1 unspecified atom stereocenters. The van der Waals surface area contributed by atoms with Crippen LogP contribution in [0.15, 0.2) is 60.8 Å². The van der Waals surface area contributed by atoms with E-state index in [0.717, 1.165) is 42.5 Å². The van der Waals surface area contributed by atoms with Crippen molar-refractivity contribution in [2.24, 2.45) is 0 Å². The summed E-state index contributed by atoms with van der Waals surface area (Å²) in [6.45, 7) is 4.08. The zero-order valence-corrected chi connectivity index (χ0v) is 22.4. The highest BCUT2D eigenvalue weighted by molar-refractivity contribution is 5.80. The van der Waals surface area contributed by atoms with E-state index in [-0.39, 0.29) is 36.1 Å². The molecule has 0 saturated heterocycles. The number of nitrogens with one attached hydrogen (secondary N) is 2. The number of carbonyl (C=O) groups is 3. The largest absolute Gasteiger partial charge is 0.346 e. The van der Waals surface area contributed by atoms with E-state index in [1.54, 1.807) is 13.1 Å². The Kier molecular flexibility index (Phi) is 9.46. The molecule has 0 fully saturated rings. The molecule has 7 heteroatoms. The first-order valence-electron chi connectivity index (χ1n) is 13.7. The Morgan fingerprint density at radius 3 is 2.58 bits per heavy atom. The lowest BCUT2D eigenvalue weighted by atomic mass is 9.90. The number of unbranched alkanes of at least 4 members (excludes halogenated alkanes) is 2. The lowest BCUT2D eigenvalue weighted by molar-refractivity contribution is -0.133. The molecule has 7 nitrogen and oxygen atoms in total. The number of Topliss-reactive ketones (excluding diaryl/α,β-unsaturated/α-hetero) is 1.